The van der Waals surface area contributed by atoms with Crippen molar-refractivity contribution in [3.8, 4) is 0 Å². The first kappa shape index (κ1) is 10.6. The number of aromatic nitrogens is 2. The Bertz CT molecular complexity index is 337. The predicted molar refractivity (Wildman–Crippen MR) is 56.1 cm³/mol. The van der Waals surface area contributed by atoms with Gasteiger partial charge in [0, 0.05) is 13.1 Å². The number of rotatable bonds is 2. The second kappa shape index (κ2) is 4.74. The van der Waals surface area contributed by atoms with Gasteiger partial charge in [0.05, 0.1) is 25.5 Å². The van der Waals surface area contributed by atoms with E-state index >= 15 is 0 Å². The monoisotopic (exact) mass is 229 g/mol. The first-order valence-electron chi connectivity index (χ1n) is 4.74. The second-order valence-corrected chi connectivity index (χ2v) is 3.72. The zero-order valence-corrected chi connectivity index (χ0v) is 8.89. The molecule has 0 aromatic carbocycles. The van der Waals surface area contributed by atoms with Gasteiger partial charge in [-0.2, -0.15) is 0 Å². The van der Waals surface area contributed by atoms with Crippen molar-refractivity contribution in [1.29, 1.82) is 0 Å². The van der Waals surface area contributed by atoms with Crippen LogP contribution in [0, 0.1) is 0 Å². The average Bonchev–Trinajstić information content (AvgIpc) is 2.30. The van der Waals surface area contributed by atoms with Crippen molar-refractivity contribution in [2.24, 2.45) is 0 Å². The van der Waals surface area contributed by atoms with E-state index in [2.05, 4.69) is 9.97 Å². The van der Waals surface area contributed by atoms with Crippen LogP contribution in [0.15, 0.2) is 12.5 Å². The minimum Gasteiger partial charge on any atom is -0.394 e. The lowest BCUT2D eigenvalue weighted by atomic mass is 10.3. The number of anilines is 1. The molecule has 1 saturated heterocycles. The molecule has 82 valence electrons. The summed E-state index contributed by atoms with van der Waals surface area (Å²) in [6.07, 6.45) is 2.86. The van der Waals surface area contributed by atoms with Crippen LogP contribution in [0.3, 0.4) is 0 Å². The van der Waals surface area contributed by atoms with Crippen molar-refractivity contribution in [2.75, 3.05) is 31.2 Å². The SMILES string of the molecule is OCC1CN(c2ncncc2Cl)CCO1. The Labute approximate surface area is 92.7 Å². The molecule has 1 fully saturated rings. The second-order valence-electron chi connectivity index (χ2n) is 3.32. The minimum atomic E-state index is -0.162. The molecule has 1 atom stereocenters. The molecular formula is C9H12ClN3O2. The molecule has 0 bridgehead atoms. The number of hydrogen-bond donors (Lipinski definition) is 1. The molecule has 15 heavy (non-hydrogen) atoms. The van der Waals surface area contributed by atoms with E-state index in [0.29, 0.717) is 24.0 Å². The fraction of sp³-hybridized carbons (Fsp3) is 0.556. The Morgan fingerprint density at radius 1 is 1.67 bits per heavy atom. The number of aliphatic hydroxyl groups excluding tert-OH is 1. The molecule has 0 amide bonds. The minimum absolute atomic E-state index is 0.0131. The van der Waals surface area contributed by atoms with E-state index in [9.17, 15) is 0 Å². The zero-order valence-electron chi connectivity index (χ0n) is 8.14. The summed E-state index contributed by atoms with van der Waals surface area (Å²) in [5, 5.41) is 9.53. The Morgan fingerprint density at radius 3 is 3.27 bits per heavy atom. The molecule has 1 unspecified atom stereocenters. The molecule has 1 N–H and O–H groups in total. The Balaban J connectivity index is 2.13. The number of morpholine rings is 1. The van der Waals surface area contributed by atoms with Crippen LogP contribution < -0.4 is 4.90 Å². The maximum absolute atomic E-state index is 9.01. The summed E-state index contributed by atoms with van der Waals surface area (Å²) in [5.41, 5.74) is 0. The molecule has 0 spiro atoms. The largest absolute Gasteiger partial charge is 0.394 e. The van der Waals surface area contributed by atoms with Crippen LogP contribution in [0.25, 0.3) is 0 Å². The highest BCUT2D eigenvalue weighted by Crippen LogP contribution is 2.22. The summed E-state index contributed by atoms with van der Waals surface area (Å²) in [5.74, 6) is 0.702. The van der Waals surface area contributed by atoms with Crippen molar-refractivity contribution < 1.29 is 9.84 Å². The quantitative estimate of drug-likeness (QED) is 0.792. The van der Waals surface area contributed by atoms with E-state index < -0.39 is 0 Å². The van der Waals surface area contributed by atoms with Crippen LogP contribution in [-0.2, 0) is 4.74 Å². The normalized spacial score (nSPS) is 21.7. The fourth-order valence-corrected chi connectivity index (χ4v) is 1.79. The molecule has 2 heterocycles. The molecule has 1 aliphatic heterocycles. The van der Waals surface area contributed by atoms with Gasteiger partial charge < -0.3 is 14.7 Å². The lowest BCUT2D eigenvalue weighted by Gasteiger charge is -2.33. The molecule has 5 nitrogen and oxygen atoms in total. The first-order chi connectivity index (χ1) is 7.31. The number of nitrogens with zero attached hydrogens (tertiary/aromatic N) is 3. The van der Waals surface area contributed by atoms with Crippen LogP contribution in [-0.4, -0.2) is 47.5 Å². The van der Waals surface area contributed by atoms with E-state index in [1.165, 1.54) is 6.33 Å². The van der Waals surface area contributed by atoms with Gasteiger partial charge in [0.15, 0.2) is 5.82 Å². The van der Waals surface area contributed by atoms with Crippen LogP contribution in [0.1, 0.15) is 0 Å². The lowest BCUT2D eigenvalue weighted by molar-refractivity contribution is 0.00336. The Kier molecular flexibility index (Phi) is 3.35. The van der Waals surface area contributed by atoms with Gasteiger partial charge in [0.2, 0.25) is 0 Å². The number of halogens is 1. The Hall–Kier alpha value is -0.910. The molecule has 0 aliphatic carbocycles. The van der Waals surface area contributed by atoms with Gasteiger partial charge in [-0.1, -0.05) is 11.6 Å². The highest BCUT2D eigenvalue weighted by molar-refractivity contribution is 6.32. The van der Waals surface area contributed by atoms with E-state index in [4.69, 9.17) is 21.4 Å². The summed E-state index contributed by atoms with van der Waals surface area (Å²) in [6.45, 7) is 1.92. The lowest BCUT2D eigenvalue weighted by Crippen LogP contribution is -2.44. The van der Waals surface area contributed by atoms with Crippen molar-refractivity contribution in [3.63, 3.8) is 0 Å². The third kappa shape index (κ3) is 2.37. The predicted octanol–water partition coefficient (Wildman–Crippen LogP) is 0.327. The molecule has 0 radical (unpaired) electrons. The molecule has 1 aromatic heterocycles. The smallest absolute Gasteiger partial charge is 0.150 e. The third-order valence-electron chi connectivity index (χ3n) is 2.29. The van der Waals surface area contributed by atoms with Crippen LogP contribution in [0.4, 0.5) is 5.82 Å². The summed E-state index contributed by atoms with van der Waals surface area (Å²) in [7, 11) is 0. The van der Waals surface area contributed by atoms with Gasteiger partial charge in [0.25, 0.3) is 0 Å². The van der Waals surface area contributed by atoms with E-state index in [1.807, 2.05) is 4.90 Å². The molecule has 0 saturated carbocycles. The average molecular weight is 230 g/mol. The van der Waals surface area contributed by atoms with Crippen molar-refractivity contribution >= 4 is 17.4 Å². The van der Waals surface area contributed by atoms with Crippen LogP contribution >= 0.6 is 11.6 Å². The van der Waals surface area contributed by atoms with Gasteiger partial charge in [0.1, 0.15) is 11.3 Å². The van der Waals surface area contributed by atoms with Crippen molar-refractivity contribution in [1.82, 2.24) is 9.97 Å². The highest BCUT2D eigenvalue weighted by atomic mass is 35.5. The first-order valence-corrected chi connectivity index (χ1v) is 5.12. The standard InChI is InChI=1S/C9H12ClN3O2/c10-8-3-11-6-12-9(8)13-1-2-15-7(4-13)5-14/h3,6-7,14H,1-2,4-5H2. The third-order valence-corrected chi connectivity index (χ3v) is 2.56. The molecule has 2 rings (SSSR count). The number of ether oxygens (including phenoxy) is 1. The fourth-order valence-electron chi connectivity index (χ4n) is 1.56. The van der Waals surface area contributed by atoms with Crippen LogP contribution in [0.2, 0.25) is 5.02 Å². The zero-order chi connectivity index (χ0) is 10.7. The van der Waals surface area contributed by atoms with Gasteiger partial charge in [-0.05, 0) is 0 Å². The molecule has 1 aromatic rings. The summed E-state index contributed by atoms with van der Waals surface area (Å²) in [4.78, 5) is 9.94. The molecule has 1 aliphatic rings. The maximum Gasteiger partial charge on any atom is 0.150 e. The maximum atomic E-state index is 9.01. The van der Waals surface area contributed by atoms with Gasteiger partial charge in [-0.25, -0.2) is 9.97 Å². The van der Waals surface area contributed by atoms with Crippen molar-refractivity contribution in [2.45, 2.75) is 6.10 Å². The topological polar surface area (TPSA) is 58.5 Å². The highest BCUT2D eigenvalue weighted by Gasteiger charge is 2.22. The van der Waals surface area contributed by atoms with Gasteiger partial charge in [-0.3, -0.25) is 0 Å². The van der Waals surface area contributed by atoms with Crippen molar-refractivity contribution in [3.05, 3.63) is 17.5 Å². The summed E-state index contributed by atoms with van der Waals surface area (Å²) >= 11 is 5.98. The summed E-state index contributed by atoms with van der Waals surface area (Å²) in [6, 6.07) is 0. The molecule has 6 heteroatoms. The van der Waals surface area contributed by atoms with Gasteiger partial charge in [-0.15, -0.1) is 0 Å². The van der Waals surface area contributed by atoms with Gasteiger partial charge >= 0.3 is 0 Å². The number of aliphatic hydroxyl groups is 1. The van der Waals surface area contributed by atoms with E-state index in [-0.39, 0.29) is 12.7 Å². The Morgan fingerprint density at radius 2 is 2.53 bits per heavy atom. The number of hydrogen-bond acceptors (Lipinski definition) is 5. The van der Waals surface area contributed by atoms with Crippen LogP contribution in [0.5, 0.6) is 0 Å². The summed E-state index contributed by atoms with van der Waals surface area (Å²) < 4.78 is 5.34. The van der Waals surface area contributed by atoms with E-state index in [0.717, 1.165) is 6.54 Å². The molecular weight excluding hydrogens is 218 g/mol. The van der Waals surface area contributed by atoms with E-state index in [1.54, 1.807) is 6.20 Å².